The van der Waals surface area contributed by atoms with Gasteiger partial charge in [0.2, 0.25) is 0 Å². The molecule has 0 aliphatic heterocycles. The number of esters is 2. The molecule has 0 amide bonds. The van der Waals surface area contributed by atoms with Gasteiger partial charge in [-0.05, 0) is 42.0 Å². The van der Waals surface area contributed by atoms with Crippen LogP contribution in [0.15, 0.2) is 65.0 Å². The Balaban J connectivity index is 1.92. The molecule has 180 valence electrons. The van der Waals surface area contributed by atoms with Gasteiger partial charge < -0.3 is 19.5 Å². The van der Waals surface area contributed by atoms with Crippen molar-refractivity contribution in [2.24, 2.45) is 5.92 Å². The zero-order valence-electron chi connectivity index (χ0n) is 18.5. The normalized spacial score (nSPS) is 12.0. The van der Waals surface area contributed by atoms with Gasteiger partial charge in [-0.1, -0.05) is 12.1 Å². The second-order valence-corrected chi connectivity index (χ2v) is 9.46. The topological polar surface area (TPSA) is 133 Å². The molecule has 3 aromatic rings. The van der Waals surface area contributed by atoms with Gasteiger partial charge in [-0.2, -0.15) is 0 Å². The molecular weight excluding hydrogens is 482 g/mol. The number of hydrogen-bond acceptors (Lipinski definition) is 10. The summed E-state index contributed by atoms with van der Waals surface area (Å²) >= 11 is 1.16. The highest BCUT2D eigenvalue weighted by atomic mass is 32.2. The quantitative estimate of drug-likeness (QED) is 0.315. The van der Waals surface area contributed by atoms with E-state index in [0.29, 0.717) is 17.0 Å². The molecular formula is C22H23N3O7S2. The van der Waals surface area contributed by atoms with Crippen molar-refractivity contribution in [3.05, 3.63) is 65.7 Å². The minimum absolute atomic E-state index is 0.0201. The fourth-order valence-corrected chi connectivity index (χ4v) is 4.94. The number of aromatic nitrogens is 1. The van der Waals surface area contributed by atoms with Crippen LogP contribution in [-0.2, 0) is 29.1 Å². The summed E-state index contributed by atoms with van der Waals surface area (Å²) < 4.78 is 42.4. The van der Waals surface area contributed by atoms with E-state index < -0.39 is 33.9 Å². The van der Waals surface area contributed by atoms with Crippen LogP contribution in [0, 0.1) is 5.92 Å². The summed E-state index contributed by atoms with van der Waals surface area (Å²) in [6.07, 6.45) is 1.49. The van der Waals surface area contributed by atoms with E-state index in [4.69, 9.17) is 14.2 Å². The molecule has 3 rings (SSSR count). The second kappa shape index (κ2) is 11.0. The van der Waals surface area contributed by atoms with Crippen LogP contribution in [0.3, 0.4) is 0 Å². The highest BCUT2D eigenvalue weighted by molar-refractivity contribution is 7.93. The van der Waals surface area contributed by atoms with Crippen LogP contribution in [-0.4, -0.2) is 46.7 Å². The van der Waals surface area contributed by atoms with E-state index in [0.717, 1.165) is 11.3 Å². The monoisotopic (exact) mass is 505 g/mol. The van der Waals surface area contributed by atoms with Crippen molar-refractivity contribution in [2.45, 2.75) is 10.9 Å². The Kier molecular flexibility index (Phi) is 8.08. The Morgan fingerprint density at radius 3 is 2.06 bits per heavy atom. The molecule has 1 aromatic heterocycles. The maximum Gasteiger partial charge on any atom is 0.322 e. The predicted octanol–water partition coefficient (Wildman–Crippen LogP) is 3.07. The molecule has 0 fully saturated rings. The second-order valence-electron chi connectivity index (χ2n) is 6.89. The van der Waals surface area contributed by atoms with Crippen molar-refractivity contribution in [1.29, 1.82) is 0 Å². The number of thiazole rings is 1. The fourth-order valence-electron chi connectivity index (χ4n) is 3.15. The van der Waals surface area contributed by atoms with Crippen LogP contribution >= 0.6 is 11.3 Å². The summed E-state index contributed by atoms with van der Waals surface area (Å²) in [5, 5.41) is 5.03. The SMILES string of the molecule is COC(=O)C(C(=O)OC)[C@@H](Nc1ccc(S(=O)(=O)Nc2nccs2)cc1)c1ccc(OC)cc1. The maximum atomic E-state index is 12.6. The van der Waals surface area contributed by atoms with Gasteiger partial charge in [-0.25, -0.2) is 13.4 Å². The predicted molar refractivity (Wildman–Crippen MR) is 126 cm³/mol. The van der Waals surface area contributed by atoms with Gasteiger partial charge in [-0.3, -0.25) is 14.3 Å². The third-order valence-corrected chi connectivity index (χ3v) is 7.03. The van der Waals surface area contributed by atoms with E-state index in [1.165, 1.54) is 51.8 Å². The van der Waals surface area contributed by atoms with Gasteiger partial charge in [0.25, 0.3) is 10.0 Å². The molecule has 10 nitrogen and oxygen atoms in total. The van der Waals surface area contributed by atoms with E-state index in [-0.39, 0.29) is 10.0 Å². The number of carbonyl (C=O) groups is 2. The minimum atomic E-state index is -3.83. The summed E-state index contributed by atoms with van der Waals surface area (Å²) in [7, 11) is 0.0499. The van der Waals surface area contributed by atoms with Gasteiger partial charge in [-0.15, -0.1) is 11.3 Å². The summed E-state index contributed by atoms with van der Waals surface area (Å²) in [6.45, 7) is 0. The zero-order valence-corrected chi connectivity index (χ0v) is 20.2. The molecule has 0 bridgehead atoms. The molecule has 0 aliphatic rings. The first-order valence-electron chi connectivity index (χ1n) is 9.87. The van der Waals surface area contributed by atoms with Crippen LogP contribution in [0.4, 0.5) is 10.8 Å². The van der Waals surface area contributed by atoms with E-state index in [9.17, 15) is 18.0 Å². The van der Waals surface area contributed by atoms with Gasteiger partial charge in [0.1, 0.15) is 5.75 Å². The molecule has 0 radical (unpaired) electrons. The molecule has 0 spiro atoms. The van der Waals surface area contributed by atoms with Crippen LogP contribution in [0.5, 0.6) is 5.75 Å². The number of rotatable bonds is 10. The number of sulfonamides is 1. The lowest BCUT2D eigenvalue weighted by Crippen LogP contribution is -2.35. The molecule has 0 unspecified atom stereocenters. The Hall–Kier alpha value is -3.64. The number of benzene rings is 2. The van der Waals surface area contributed by atoms with Gasteiger partial charge in [0.05, 0.1) is 32.3 Å². The van der Waals surface area contributed by atoms with E-state index in [1.807, 2.05) is 0 Å². The summed E-state index contributed by atoms with van der Waals surface area (Å²) in [5.41, 5.74) is 1.05. The molecule has 0 saturated heterocycles. The lowest BCUT2D eigenvalue weighted by molar-refractivity contribution is -0.159. The lowest BCUT2D eigenvalue weighted by atomic mass is 9.92. The van der Waals surface area contributed by atoms with Crippen LogP contribution in [0.2, 0.25) is 0 Å². The highest BCUT2D eigenvalue weighted by Gasteiger charge is 2.38. The Morgan fingerprint density at radius 1 is 0.941 bits per heavy atom. The third-order valence-electron chi connectivity index (χ3n) is 4.86. The van der Waals surface area contributed by atoms with Gasteiger partial charge in [0.15, 0.2) is 11.0 Å². The zero-order chi connectivity index (χ0) is 24.7. The van der Waals surface area contributed by atoms with E-state index >= 15 is 0 Å². The van der Waals surface area contributed by atoms with Crippen molar-refractivity contribution in [2.75, 3.05) is 31.4 Å². The average Bonchev–Trinajstić information content (AvgIpc) is 3.36. The Morgan fingerprint density at radius 2 is 1.56 bits per heavy atom. The summed E-state index contributed by atoms with van der Waals surface area (Å²) in [4.78, 5) is 28.9. The standard InChI is InChI=1S/C22H23N3O7S2/c1-30-16-8-4-14(5-9-16)19(18(20(26)31-2)21(27)32-3)24-15-6-10-17(11-7-15)34(28,29)25-22-23-12-13-33-22/h4-13,18-19,24H,1-3H3,(H,23,25)/t19-/m0/s1. The molecule has 2 N–H and O–H groups in total. The first-order chi connectivity index (χ1) is 16.3. The van der Waals surface area contributed by atoms with Crippen LogP contribution in [0.1, 0.15) is 11.6 Å². The molecule has 0 saturated carbocycles. The average molecular weight is 506 g/mol. The molecule has 2 aromatic carbocycles. The maximum absolute atomic E-state index is 12.6. The number of carbonyl (C=O) groups excluding carboxylic acids is 2. The van der Waals surface area contributed by atoms with E-state index in [2.05, 4.69) is 15.0 Å². The van der Waals surface area contributed by atoms with Crippen molar-refractivity contribution in [3.8, 4) is 5.75 Å². The summed E-state index contributed by atoms with van der Waals surface area (Å²) in [6, 6.07) is 11.8. The number of hydrogen-bond donors (Lipinski definition) is 2. The van der Waals surface area contributed by atoms with Crippen molar-refractivity contribution in [3.63, 3.8) is 0 Å². The van der Waals surface area contributed by atoms with Gasteiger partial charge >= 0.3 is 11.9 Å². The summed E-state index contributed by atoms with van der Waals surface area (Å²) in [5.74, 6) is -2.30. The number of nitrogens with zero attached hydrogens (tertiary/aromatic N) is 1. The number of ether oxygens (including phenoxy) is 3. The van der Waals surface area contributed by atoms with Gasteiger partial charge in [0, 0.05) is 17.3 Å². The molecule has 1 atom stereocenters. The number of nitrogens with one attached hydrogen (secondary N) is 2. The highest BCUT2D eigenvalue weighted by Crippen LogP contribution is 2.31. The van der Waals surface area contributed by atoms with Crippen molar-refractivity contribution in [1.82, 2.24) is 4.98 Å². The van der Waals surface area contributed by atoms with E-state index in [1.54, 1.807) is 29.6 Å². The first kappa shape index (κ1) is 25.0. The third kappa shape index (κ3) is 5.83. The molecule has 12 heteroatoms. The smallest absolute Gasteiger partial charge is 0.322 e. The molecule has 1 heterocycles. The fraction of sp³-hybridized carbons (Fsp3) is 0.227. The lowest BCUT2D eigenvalue weighted by Gasteiger charge is -2.26. The molecule has 0 aliphatic carbocycles. The minimum Gasteiger partial charge on any atom is -0.497 e. The molecule has 34 heavy (non-hydrogen) atoms. The van der Waals surface area contributed by atoms with Crippen molar-refractivity contribution >= 4 is 44.1 Å². The Labute approximate surface area is 200 Å². The van der Waals surface area contributed by atoms with Crippen LogP contribution in [0.25, 0.3) is 0 Å². The van der Waals surface area contributed by atoms with Crippen molar-refractivity contribution < 1.29 is 32.2 Å². The van der Waals surface area contributed by atoms with Crippen LogP contribution < -0.4 is 14.8 Å². The Bertz CT molecular complexity index is 1200. The number of methoxy groups -OCH3 is 3. The first-order valence-corrected chi connectivity index (χ1v) is 12.2. The largest absolute Gasteiger partial charge is 0.497 e. The number of anilines is 2.